The summed E-state index contributed by atoms with van der Waals surface area (Å²) in [6, 6.07) is 18.5. The number of hydrogen-bond donors (Lipinski definition) is 1. The maximum absolute atomic E-state index is 12.6. The number of ether oxygens (including phenoxy) is 1. The molecule has 3 aromatic rings. The Bertz CT molecular complexity index is 1100. The minimum atomic E-state index is -0.131. The van der Waals surface area contributed by atoms with Crippen LogP contribution in [-0.2, 0) is 11.3 Å². The lowest BCUT2D eigenvalue weighted by Gasteiger charge is -2.39. The van der Waals surface area contributed by atoms with E-state index in [-0.39, 0.29) is 17.6 Å². The number of aromatic nitrogens is 1. The van der Waals surface area contributed by atoms with Gasteiger partial charge in [-0.15, -0.1) is 0 Å². The van der Waals surface area contributed by atoms with Crippen LogP contribution in [0, 0.1) is 6.92 Å². The molecule has 0 aliphatic carbocycles. The van der Waals surface area contributed by atoms with Gasteiger partial charge in [-0.25, -0.2) is 0 Å². The van der Waals surface area contributed by atoms with Crippen LogP contribution in [0.3, 0.4) is 0 Å². The first-order chi connectivity index (χ1) is 15.6. The van der Waals surface area contributed by atoms with Crippen LogP contribution < -0.4 is 5.32 Å². The minimum Gasteiger partial charge on any atom is -0.370 e. The van der Waals surface area contributed by atoms with Crippen LogP contribution in [0.25, 0.3) is 10.8 Å². The molecule has 2 saturated heterocycles. The van der Waals surface area contributed by atoms with E-state index in [4.69, 9.17) is 4.74 Å². The van der Waals surface area contributed by atoms with Gasteiger partial charge in [-0.05, 0) is 55.2 Å². The summed E-state index contributed by atoms with van der Waals surface area (Å²) in [7, 11) is 0. The fourth-order valence-corrected chi connectivity index (χ4v) is 5.06. The highest BCUT2D eigenvalue weighted by Crippen LogP contribution is 2.39. The van der Waals surface area contributed by atoms with Crippen molar-refractivity contribution >= 4 is 16.7 Å². The first-order valence-corrected chi connectivity index (χ1v) is 11.7. The molecule has 1 amide bonds. The highest BCUT2D eigenvalue weighted by atomic mass is 16.5. The Hall–Kier alpha value is -2.76. The Morgan fingerprint density at radius 3 is 2.66 bits per heavy atom. The van der Waals surface area contributed by atoms with Crippen molar-refractivity contribution in [2.24, 2.45) is 0 Å². The zero-order valence-electron chi connectivity index (χ0n) is 18.7. The zero-order valence-corrected chi connectivity index (χ0v) is 18.7. The van der Waals surface area contributed by atoms with E-state index in [2.05, 4.69) is 46.4 Å². The molecule has 32 heavy (non-hydrogen) atoms. The number of likely N-dealkylation sites (tertiary alicyclic amines) is 1. The molecular formula is C27H31N3O2. The zero-order chi connectivity index (χ0) is 22.0. The highest BCUT2D eigenvalue weighted by molar-refractivity contribution is 5.96. The Morgan fingerprint density at radius 1 is 1.09 bits per heavy atom. The first-order valence-electron chi connectivity index (χ1n) is 11.7. The molecule has 5 rings (SSSR count). The molecule has 2 fully saturated rings. The lowest BCUT2D eigenvalue weighted by Crippen LogP contribution is -2.45. The lowest BCUT2D eigenvalue weighted by atomic mass is 9.88. The van der Waals surface area contributed by atoms with E-state index in [1.807, 2.05) is 30.3 Å². The number of fused-ring (bicyclic) bond motifs is 1. The van der Waals surface area contributed by atoms with Crippen molar-refractivity contribution in [1.29, 1.82) is 0 Å². The summed E-state index contributed by atoms with van der Waals surface area (Å²) >= 11 is 0. The second-order valence-corrected chi connectivity index (χ2v) is 9.29. The fourth-order valence-electron chi connectivity index (χ4n) is 5.06. The molecule has 1 atom stereocenters. The van der Waals surface area contributed by atoms with Crippen molar-refractivity contribution < 1.29 is 9.53 Å². The smallest absolute Gasteiger partial charge is 0.269 e. The molecule has 1 spiro atoms. The third-order valence-electron chi connectivity index (χ3n) is 7.11. The second-order valence-electron chi connectivity index (χ2n) is 9.29. The van der Waals surface area contributed by atoms with Crippen molar-refractivity contribution in [2.45, 2.75) is 50.9 Å². The van der Waals surface area contributed by atoms with Crippen molar-refractivity contribution in [3.05, 3.63) is 77.6 Å². The number of pyridine rings is 1. The molecule has 2 aliphatic rings. The van der Waals surface area contributed by atoms with Gasteiger partial charge in [-0.2, -0.15) is 0 Å². The molecular weight excluding hydrogens is 398 g/mol. The number of benzene rings is 2. The van der Waals surface area contributed by atoms with Gasteiger partial charge in [0.25, 0.3) is 5.91 Å². The molecule has 0 saturated carbocycles. The SMILES string of the molecule is Cc1ccccc1CN1CCC2(CC[C@@H](CNC(=O)c3cc4ccccc4cn3)O2)CC1. The van der Waals surface area contributed by atoms with Crippen molar-refractivity contribution in [3.8, 4) is 0 Å². The molecule has 2 aromatic carbocycles. The molecule has 1 N–H and O–H groups in total. The summed E-state index contributed by atoms with van der Waals surface area (Å²) < 4.78 is 6.51. The second kappa shape index (κ2) is 9.00. The van der Waals surface area contributed by atoms with Crippen LogP contribution in [-0.4, -0.2) is 47.1 Å². The van der Waals surface area contributed by atoms with Gasteiger partial charge in [0, 0.05) is 37.8 Å². The number of hydrogen-bond acceptors (Lipinski definition) is 4. The predicted molar refractivity (Wildman–Crippen MR) is 127 cm³/mol. The van der Waals surface area contributed by atoms with Crippen LogP contribution in [0.15, 0.2) is 60.8 Å². The van der Waals surface area contributed by atoms with Gasteiger partial charge in [0.15, 0.2) is 0 Å². The Kier molecular flexibility index (Phi) is 5.94. The number of amides is 1. The van der Waals surface area contributed by atoms with E-state index in [1.54, 1.807) is 6.20 Å². The largest absolute Gasteiger partial charge is 0.370 e. The summed E-state index contributed by atoms with van der Waals surface area (Å²) in [5.41, 5.74) is 3.22. The van der Waals surface area contributed by atoms with Crippen molar-refractivity contribution in [1.82, 2.24) is 15.2 Å². The first kappa shape index (κ1) is 21.1. The van der Waals surface area contributed by atoms with Gasteiger partial charge in [0.1, 0.15) is 5.69 Å². The molecule has 0 bridgehead atoms. The summed E-state index contributed by atoms with van der Waals surface area (Å²) in [6.45, 7) is 5.87. The third-order valence-corrected chi connectivity index (χ3v) is 7.11. The number of carbonyl (C=O) groups is 1. The average molecular weight is 430 g/mol. The fraction of sp³-hybridized carbons (Fsp3) is 0.407. The number of aryl methyl sites for hydroxylation is 1. The van der Waals surface area contributed by atoms with Crippen molar-refractivity contribution in [2.75, 3.05) is 19.6 Å². The van der Waals surface area contributed by atoms with E-state index in [0.29, 0.717) is 12.2 Å². The van der Waals surface area contributed by atoms with E-state index >= 15 is 0 Å². The number of piperidine rings is 1. The summed E-state index contributed by atoms with van der Waals surface area (Å²) in [5.74, 6) is -0.131. The third kappa shape index (κ3) is 4.54. The number of carbonyl (C=O) groups excluding carboxylic acids is 1. The van der Waals surface area contributed by atoms with Gasteiger partial charge in [-0.3, -0.25) is 14.7 Å². The molecule has 2 aliphatic heterocycles. The molecule has 5 nitrogen and oxygen atoms in total. The lowest BCUT2D eigenvalue weighted by molar-refractivity contribution is -0.0764. The molecule has 166 valence electrons. The van der Waals surface area contributed by atoms with Crippen LogP contribution in [0.1, 0.15) is 47.3 Å². The average Bonchev–Trinajstić information content (AvgIpc) is 3.22. The summed E-state index contributed by atoms with van der Waals surface area (Å²) in [4.78, 5) is 19.5. The standard InChI is InChI=1S/C27H31N3O2/c1-20-6-2-3-9-23(20)19-30-14-12-27(13-15-30)11-10-24(32-27)18-29-26(31)25-16-21-7-4-5-8-22(21)17-28-25/h2-9,16-17,24H,10-15,18-19H2,1H3,(H,29,31)/t24-/m0/s1. The monoisotopic (exact) mass is 429 g/mol. The van der Waals surface area contributed by atoms with Crippen LogP contribution in [0.2, 0.25) is 0 Å². The molecule has 1 aromatic heterocycles. The van der Waals surface area contributed by atoms with E-state index < -0.39 is 0 Å². The molecule has 5 heteroatoms. The van der Waals surface area contributed by atoms with Gasteiger partial charge in [0.05, 0.1) is 11.7 Å². The van der Waals surface area contributed by atoms with Crippen molar-refractivity contribution in [3.63, 3.8) is 0 Å². The molecule has 3 heterocycles. The van der Waals surface area contributed by atoms with E-state index in [9.17, 15) is 4.79 Å². The number of rotatable bonds is 5. The van der Waals surface area contributed by atoms with Crippen LogP contribution >= 0.6 is 0 Å². The maximum atomic E-state index is 12.6. The van der Waals surface area contributed by atoms with Gasteiger partial charge in [-0.1, -0.05) is 48.5 Å². The molecule has 0 unspecified atom stereocenters. The van der Waals surface area contributed by atoms with Crippen LogP contribution in [0.5, 0.6) is 0 Å². The van der Waals surface area contributed by atoms with E-state index in [1.165, 1.54) is 11.1 Å². The normalized spacial score (nSPS) is 20.6. The Morgan fingerprint density at radius 2 is 1.84 bits per heavy atom. The Balaban J connectivity index is 1.11. The summed E-state index contributed by atoms with van der Waals surface area (Å²) in [6.07, 6.45) is 6.06. The Labute approximate surface area is 189 Å². The van der Waals surface area contributed by atoms with Gasteiger partial charge < -0.3 is 10.1 Å². The van der Waals surface area contributed by atoms with E-state index in [0.717, 1.165) is 56.1 Å². The topological polar surface area (TPSA) is 54.5 Å². The summed E-state index contributed by atoms with van der Waals surface area (Å²) in [5, 5.41) is 5.11. The molecule has 0 radical (unpaired) electrons. The van der Waals surface area contributed by atoms with Gasteiger partial charge in [0.2, 0.25) is 0 Å². The van der Waals surface area contributed by atoms with Gasteiger partial charge >= 0.3 is 0 Å². The highest BCUT2D eigenvalue weighted by Gasteiger charge is 2.42. The van der Waals surface area contributed by atoms with Crippen LogP contribution in [0.4, 0.5) is 0 Å². The quantitative estimate of drug-likeness (QED) is 0.649. The minimum absolute atomic E-state index is 0.0151. The maximum Gasteiger partial charge on any atom is 0.269 e. The predicted octanol–water partition coefficient (Wildman–Crippen LogP) is 4.49. The number of nitrogens with zero attached hydrogens (tertiary/aromatic N) is 2. The number of nitrogens with one attached hydrogen (secondary N) is 1.